The predicted molar refractivity (Wildman–Crippen MR) is 161 cm³/mol. The van der Waals surface area contributed by atoms with Gasteiger partial charge in [-0.15, -0.1) is 0 Å². The Morgan fingerprint density at radius 2 is 1.55 bits per heavy atom. The number of hydrogen-bond acceptors (Lipinski definition) is 6. The van der Waals surface area contributed by atoms with Gasteiger partial charge >= 0.3 is 5.97 Å². The van der Waals surface area contributed by atoms with E-state index in [0.29, 0.717) is 42.1 Å². The van der Waals surface area contributed by atoms with E-state index < -0.39 is 11.9 Å². The molecule has 0 radical (unpaired) electrons. The number of methoxy groups -OCH3 is 1. The second-order valence-electron chi connectivity index (χ2n) is 8.16. The maximum Gasteiger partial charge on any atom is 0.343 e. The number of carbonyl (C=O) groups excluding carboxylic acids is 3. The third kappa shape index (κ3) is 7.56. The highest BCUT2D eigenvalue weighted by atomic mass is 79.9. The minimum atomic E-state index is -0.591. The Morgan fingerprint density at radius 3 is 2.25 bits per heavy atom. The van der Waals surface area contributed by atoms with E-state index in [2.05, 4.69) is 47.7 Å². The Hall–Kier alpha value is -3.99. The third-order valence-corrected chi connectivity index (χ3v) is 6.72. The number of hydrazone groups is 1. The van der Waals surface area contributed by atoms with Gasteiger partial charge in [0.15, 0.2) is 5.75 Å². The van der Waals surface area contributed by atoms with Crippen molar-refractivity contribution in [2.24, 2.45) is 5.10 Å². The summed E-state index contributed by atoms with van der Waals surface area (Å²) in [6.07, 6.45) is 1.35. The molecule has 0 saturated heterocycles. The number of ether oxygens (including phenoxy) is 2. The Kier molecular flexibility index (Phi) is 9.70. The maximum absolute atomic E-state index is 12.8. The number of halogens is 3. The summed E-state index contributed by atoms with van der Waals surface area (Å²) in [5.74, 6) is -0.584. The lowest BCUT2D eigenvalue weighted by Crippen LogP contribution is -2.18. The first-order valence-electron chi connectivity index (χ1n) is 11.6. The number of anilines is 1. The van der Waals surface area contributed by atoms with Crippen LogP contribution in [0.1, 0.15) is 36.6 Å². The number of nitrogens with zero attached hydrogens (tertiary/aromatic N) is 1. The van der Waals surface area contributed by atoms with Gasteiger partial charge in [-0.25, -0.2) is 10.2 Å². The molecule has 0 aliphatic heterocycles. The molecule has 0 aliphatic carbocycles. The molecule has 8 nitrogen and oxygen atoms in total. The van der Waals surface area contributed by atoms with Crippen molar-refractivity contribution in [3.05, 3.63) is 121 Å². The molecule has 4 rings (SSSR count). The van der Waals surface area contributed by atoms with Gasteiger partial charge in [0, 0.05) is 31.9 Å². The summed E-state index contributed by atoms with van der Waals surface area (Å²) in [7, 11) is 1.55. The van der Waals surface area contributed by atoms with Crippen LogP contribution in [0.25, 0.3) is 0 Å². The summed E-state index contributed by atoms with van der Waals surface area (Å²) in [6.45, 7) is 0. The van der Waals surface area contributed by atoms with Gasteiger partial charge in [0.1, 0.15) is 5.75 Å². The second-order valence-corrected chi connectivity index (χ2v) is 10.4. The van der Waals surface area contributed by atoms with Crippen LogP contribution in [-0.4, -0.2) is 31.1 Å². The quantitative estimate of drug-likeness (QED) is 0.0891. The monoisotopic (exact) mass is 683 g/mol. The number of carbonyl (C=O) groups is 3. The number of benzene rings is 4. The summed E-state index contributed by atoms with van der Waals surface area (Å²) < 4.78 is 11.9. The van der Waals surface area contributed by atoms with E-state index in [1.807, 2.05) is 0 Å². The van der Waals surface area contributed by atoms with E-state index >= 15 is 0 Å². The van der Waals surface area contributed by atoms with E-state index in [1.54, 1.807) is 86.0 Å². The minimum Gasteiger partial charge on any atom is -0.497 e. The van der Waals surface area contributed by atoms with Crippen LogP contribution in [0.3, 0.4) is 0 Å². The molecule has 0 spiro atoms. The molecule has 202 valence electrons. The number of nitrogens with one attached hydrogen (secondary N) is 2. The van der Waals surface area contributed by atoms with Crippen molar-refractivity contribution in [3.8, 4) is 11.5 Å². The highest BCUT2D eigenvalue weighted by molar-refractivity contribution is 9.11. The summed E-state index contributed by atoms with van der Waals surface area (Å²) in [5.41, 5.74) is 4.33. The number of esters is 1. The SMILES string of the molecule is COc1ccc(C(=O)Nc2cccc(C(=O)NN=Cc3cc(Br)cc(Br)c3OC(=O)c3ccc(Cl)cc3)c2)cc1. The third-order valence-electron chi connectivity index (χ3n) is 5.42. The van der Waals surface area contributed by atoms with E-state index in [1.165, 1.54) is 12.3 Å². The lowest BCUT2D eigenvalue weighted by Gasteiger charge is -2.11. The van der Waals surface area contributed by atoms with Crippen LogP contribution in [-0.2, 0) is 0 Å². The molecule has 0 unspecified atom stereocenters. The average molecular weight is 686 g/mol. The zero-order valence-corrected chi connectivity index (χ0v) is 24.7. The Bertz CT molecular complexity index is 1590. The van der Waals surface area contributed by atoms with Gasteiger partial charge in [-0.1, -0.05) is 33.6 Å². The molecule has 0 aromatic heterocycles. The fourth-order valence-corrected chi connectivity index (χ4v) is 4.90. The van der Waals surface area contributed by atoms with E-state index in [4.69, 9.17) is 21.1 Å². The first-order chi connectivity index (χ1) is 19.2. The van der Waals surface area contributed by atoms with Gasteiger partial charge in [0.2, 0.25) is 0 Å². The molecule has 0 fully saturated rings. The zero-order chi connectivity index (χ0) is 28.6. The summed E-state index contributed by atoms with van der Waals surface area (Å²) in [4.78, 5) is 38.0. The standard InChI is InChI=1S/C29H20Br2ClN3O5/c1-39-24-11-7-17(8-12-24)27(36)34-23-4-2-3-19(14-23)28(37)35-33-16-20-13-21(30)15-25(31)26(20)40-29(38)18-5-9-22(32)10-6-18/h2-16H,1H3,(H,34,36)(H,35,37). The lowest BCUT2D eigenvalue weighted by atomic mass is 10.1. The molecule has 0 aliphatic rings. The minimum absolute atomic E-state index is 0.212. The van der Waals surface area contributed by atoms with Crippen molar-refractivity contribution < 1.29 is 23.9 Å². The molecule has 0 heterocycles. The van der Waals surface area contributed by atoms with Crippen LogP contribution in [0.4, 0.5) is 5.69 Å². The molecular formula is C29H20Br2ClN3O5. The van der Waals surface area contributed by atoms with Crippen molar-refractivity contribution in [2.75, 3.05) is 12.4 Å². The first kappa shape index (κ1) is 29.0. The Labute approximate surface area is 251 Å². The average Bonchev–Trinajstić information content (AvgIpc) is 2.95. The predicted octanol–water partition coefficient (Wildman–Crippen LogP) is 7.11. The van der Waals surface area contributed by atoms with Crippen LogP contribution < -0.4 is 20.2 Å². The molecular weight excluding hydrogens is 666 g/mol. The second kappa shape index (κ2) is 13.4. The van der Waals surface area contributed by atoms with E-state index in [-0.39, 0.29) is 17.2 Å². The van der Waals surface area contributed by atoms with Gasteiger partial charge in [0.05, 0.1) is 23.4 Å². The fraction of sp³-hybridized carbons (Fsp3) is 0.0345. The van der Waals surface area contributed by atoms with Crippen molar-refractivity contribution in [3.63, 3.8) is 0 Å². The van der Waals surface area contributed by atoms with E-state index in [9.17, 15) is 14.4 Å². The molecule has 4 aromatic carbocycles. The fourth-order valence-electron chi connectivity index (χ4n) is 3.43. The molecule has 2 N–H and O–H groups in total. The topological polar surface area (TPSA) is 106 Å². The van der Waals surface area contributed by atoms with Gasteiger partial charge in [-0.05, 0) is 94.8 Å². The largest absolute Gasteiger partial charge is 0.497 e. The maximum atomic E-state index is 12.8. The van der Waals surface area contributed by atoms with Gasteiger partial charge in [-0.2, -0.15) is 5.10 Å². The van der Waals surface area contributed by atoms with Gasteiger partial charge < -0.3 is 14.8 Å². The smallest absolute Gasteiger partial charge is 0.343 e. The van der Waals surface area contributed by atoms with Crippen molar-refractivity contribution in [2.45, 2.75) is 0 Å². The van der Waals surface area contributed by atoms with Crippen molar-refractivity contribution >= 4 is 73.1 Å². The summed E-state index contributed by atoms with van der Waals surface area (Å²) >= 11 is 12.7. The molecule has 0 atom stereocenters. The lowest BCUT2D eigenvalue weighted by molar-refractivity contribution is 0.0732. The number of amides is 2. The number of rotatable bonds is 8. The highest BCUT2D eigenvalue weighted by Crippen LogP contribution is 2.33. The van der Waals surface area contributed by atoms with Gasteiger partial charge in [-0.3, -0.25) is 9.59 Å². The molecule has 2 amide bonds. The molecule has 11 heteroatoms. The molecule has 0 bridgehead atoms. The molecule has 0 saturated carbocycles. The number of hydrogen-bond donors (Lipinski definition) is 2. The van der Waals surface area contributed by atoms with Crippen LogP contribution in [0.15, 0.2) is 99.0 Å². The van der Waals surface area contributed by atoms with Gasteiger partial charge in [0.25, 0.3) is 11.8 Å². The van der Waals surface area contributed by atoms with Crippen LogP contribution in [0.2, 0.25) is 5.02 Å². The molecule has 4 aromatic rings. The zero-order valence-electron chi connectivity index (χ0n) is 20.8. The van der Waals surface area contributed by atoms with E-state index in [0.717, 1.165) is 0 Å². The normalized spacial score (nSPS) is 10.7. The van der Waals surface area contributed by atoms with Crippen molar-refractivity contribution in [1.29, 1.82) is 0 Å². The Morgan fingerprint density at radius 1 is 0.850 bits per heavy atom. The summed E-state index contributed by atoms with van der Waals surface area (Å²) in [6, 6.07) is 22.8. The highest BCUT2D eigenvalue weighted by Gasteiger charge is 2.16. The van der Waals surface area contributed by atoms with Crippen LogP contribution >= 0.6 is 43.5 Å². The Balaban J connectivity index is 1.44. The molecule has 40 heavy (non-hydrogen) atoms. The first-order valence-corrected chi connectivity index (χ1v) is 13.6. The summed E-state index contributed by atoms with van der Waals surface area (Å²) in [5, 5.41) is 7.29. The van der Waals surface area contributed by atoms with Crippen molar-refractivity contribution in [1.82, 2.24) is 5.43 Å². The van der Waals surface area contributed by atoms with Crippen LogP contribution in [0.5, 0.6) is 11.5 Å². The van der Waals surface area contributed by atoms with Crippen LogP contribution in [0, 0.1) is 0 Å².